The third-order valence-corrected chi connectivity index (χ3v) is 4.25. The van der Waals surface area contributed by atoms with Crippen LogP contribution in [0, 0.1) is 6.92 Å². The van der Waals surface area contributed by atoms with Gasteiger partial charge in [0, 0.05) is 23.9 Å². The van der Waals surface area contributed by atoms with Crippen LogP contribution in [0.3, 0.4) is 0 Å². The average Bonchev–Trinajstić information content (AvgIpc) is 3.24. The summed E-state index contributed by atoms with van der Waals surface area (Å²) in [6.07, 6.45) is 1.35. The minimum atomic E-state index is -0.349. The van der Waals surface area contributed by atoms with Crippen molar-refractivity contribution in [2.24, 2.45) is 0 Å². The van der Waals surface area contributed by atoms with E-state index in [-0.39, 0.29) is 12.0 Å². The van der Waals surface area contributed by atoms with Crippen molar-refractivity contribution in [2.75, 3.05) is 11.9 Å². The molecule has 122 valence electrons. The van der Waals surface area contributed by atoms with Crippen LogP contribution < -0.4 is 5.32 Å². The maximum Gasteiger partial charge on any atom is 0.253 e. The molecule has 1 aliphatic heterocycles. The molecule has 3 aromatic rings. The van der Waals surface area contributed by atoms with Crippen LogP contribution in [-0.4, -0.2) is 23.6 Å². The van der Waals surface area contributed by atoms with E-state index < -0.39 is 0 Å². The number of carbonyl (C=O) groups excluding carboxylic acids is 1. The SMILES string of the molecule is Cc1ccccc1-c1nc2ccc(NC(=O)[C@@H]3CCCO3)cc2o1. The minimum absolute atomic E-state index is 0.106. The molecule has 0 spiro atoms. The van der Waals surface area contributed by atoms with E-state index in [4.69, 9.17) is 9.15 Å². The number of carbonyl (C=O) groups is 1. The second-order valence-corrected chi connectivity index (χ2v) is 6.01. The van der Waals surface area contributed by atoms with Crippen LogP contribution in [0.5, 0.6) is 0 Å². The highest BCUT2D eigenvalue weighted by atomic mass is 16.5. The lowest BCUT2D eigenvalue weighted by Gasteiger charge is -2.09. The molecule has 24 heavy (non-hydrogen) atoms. The first-order chi connectivity index (χ1) is 11.7. The molecule has 1 amide bonds. The molecule has 0 bridgehead atoms. The minimum Gasteiger partial charge on any atom is -0.436 e. The summed E-state index contributed by atoms with van der Waals surface area (Å²) in [5, 5.41) is 2.88. The van der Waals surface area contributed by atoms with Crippen LogP contribution >= 0.6 is 0 Å². The first-order valence-corrected chi connectivity index (χ1v) is 8.10. The van der Waals surface area contributed by atoms with Crippen molar-refractivity contribution in [3.05, 3.63) is 48.0 Å². The molecule has 0 saturated carbocycles. The van der Waals surface area contributed by atoms with E-state index >= 15 is 0 Å². The van der Waals surface area contributed by atoms with Gasteiger partial charge in [-0.15, -0.1) is 0 Å². The Morgan fingerprint density at radius 2 is 2.12 bits per heavy atom. The van der Waals surface area contributed by atoms with Crippen LogP contribution in [0.2, 0.25) is 0 Å². The number of benzene rings is 2. The molecule has 1 N–H and O–H groups in total. The summed E-state index contributed by atoms with van der Waals surface area (Å²) in [7, 11) is 0. The zero-order valence-corrected chi connectivity index (χ0v) is 13.4. The number of hydrogen-bond donors (Lipinski definition) is 1. The first kappa shape index (κ1) is 14.9. The van der Waals surface area contributed by atoms with E-state index in [1.54, 1.807) is 6.07 Å². The Labute approximate surface area is 139 Å². The van der Waals surface area contributed by atoms with Crippen molar-refractivity contribution >= 4 is 22.7 Å². The lowest BCUT2D eigenvalue weighted by Crippen LogP contribution is -2.26. The Kier molecular flexibility index (Phi) is 3.78. The molecular weight excluding hydrogens is 304 g/mol. The summed E-state index contributed by atoms with van der Waals surface area (Å²) in [5.74, 6) is 0.483. The van der Waals surface area contributed by atoms with Gasteiger partial charge in [0.05, 0.1) is 0 Å². The number of rotatable bonds is 3. The van der Waals surface area contributed by atoms with Gasteiger partial charge in [-0.1, -0.05) is 18.2 Å². The zero-order valence-electron chi connectivity index (χ0n) is 13.4. The number of nitrogens with zero attached hydrogens (tertiary/aromatic N) is 1. The fraction of sp³-hybridized carbons (Fsp3) is 0.263. The van der Waals surface area contributed by atoms with E-state index in [1.165, 1.54) is 0 Å². The van der Waals surface area contributed by atoms with Gasteiger partial charge in [0.25, 0.3) is 5.91 Å². The van der Waals surface area contributed by atoms with Crippen LogP contribution in [0.15, 0.2) is 46.9 Å². The van der Waals surface area contributed by atoms with E-state index in [0.717, 1.165) is 29.5 Å². The number of oxazole rings is 1. The third kappa shape index (κ3) is 2.78. The van der Waals surface area contributed by atoms with Crippen molar-refractivity contribution in [1.29, 1.82) is 0 Å². The van der Waals surface area contributed by atoms with E-state index in [1.807, 2.05) is 43.3 Å². The fourth-order valence-corrected chi connectivity index (χ4v) is 2.94. The Bertz CT molecular complexity index is 895. The average molecular weight is 322 g/mol. The lowest BCUT2D eigenvalue weighted by molar-refractivity contribution is -0.124. The summed E-state index contributed by atoms with van der Waals surface area (Å²) in [5.41, 5.74) is 4.19. The van der Waals surface area contributed by atoms with Gasteiger partial charge in [-0.25, -0.2) is 4.98 Å². The lowest BCUT2D eigenvalue weighted by atomic mass is 10.1. The molecule has 0 aliphatic carbocycles. The van der Waals surface area contributed by atoms with Gasteiger partial charge in [0.15, 0.2) is 5.58 Å². The Balaban J connectivity index is 1.61. The Morgan fingerprint density at radius 3 is 2.92 bits per heavy atom. The Hall–Kier alpha value is -2.66. The standard InChI is InChI=1S/C19H18N2O3/c1-12-5-2-3-6-14(12)19-21-15-9-8-13(11-17(15)24-19)20-18(22)16-7-4-10-23-16/h2-3,5-6,8-9,11,16H,4,7,10H2,1H3,(H,20,22)/t16-/m0/s1. The van der Waals surface area contributed by atoms with Crippen LogP contribution in [0.4, 0.5) is 5.69 Å². The molecule has 1 saturated heterocycles. The second kappa shape index (κ2) is 6.09. The normalized spacial score (nSPS) is 17.3. The first-order valence-electron chi connectivity index (χ1n) is 8.10. The molecule has 1 aliphatic rings. The summed E-state index contributed by atoms with van der Waals surface area (Å²) >= 11 is 0. The second-order valence-electron chi connectivity index (χ2n) is 6.01. The van der Waals surface area contributed by atoms with Gasteiger partial charge in [-0.05, 0) is 43.5 Å². The third-order valence-electron chi connectivity index (χ3n) is 4.25. The van der Waals surface area contributed by atoms with Crippen molar-refractivity contribution in [1.82, 2.24) is 4.98 Å². The maximum absolute atomic E-state index is 12.1. The molecule has 5 nitrogen and oxygen atoms in total. The molecule has 2 heterocycles. The van der Waals surface area contributed by atoms with Crippen LogP contribution in [0.1, 0.15) is 18.4 Å². The molecule has 2 aromatic carbocycles. The quantitative estimate of drug-likeness (QED) is 0.794. The van der Waals surface area contributed by atoms with Crippen molar-refractivity contribution in [3.8, 4) is 11.5 Å². The van der Waals surface area contributed by atoms with Gasteiger partial charge in [-0.2, -0.15) is 0 Å². The van der Waals surface area contributed by atoms with Crippen LogP contribution in [0.25, 0.3) is 22.6 Å². The zero-order chi connectivity index (χ0) is 16.5. The highest BCUT2D eigenvalue weighted by Gasteiger charge is 2.23. The summed E-state index contributed by atoms with van der Waals surface area (Å²) in [4.78, 5) is 16.7. The van der Waals surface area contributed by atoms with Gasteiger partial charge >= 0.3 is 0 Å². The van der Waals surface area contributed by atoms with E-state index in [0.29, 0.717) is 23.8 Å². The Morgan fingerprint density at radius 1 is 1.25 bits per heavy atom. The monoisotopic (exact) mass is 322 g/mol. The predicted molar refractivity (Wildman–Crippen MR) is 91.8 cm³/mol. The topological polar surface area (TPSA) is 64.4 Å². The van der Waals surface area contributed by atoms with Crippen LogP contribution in [-0.2, 0) is 9.53 Å². The number of ether oxygens (including phenoxy) is 1. The van der Waals surface area contributed by atoms with Gasteiger partial charge in [0.1, 0.15) is 11.6 Å². The van der Waals surface area contributed by atoms with Gasteiger partial charge in [-0.3, -0.25) is 4.79 Å². The fourth-order valence-electron chi connectivity index (χ4n) is 2.94. The summed E-state index contributed by atoms with van der Waals surface area (Å²) in [6, 6.07) is 13.4. The molecule has 1 aromatic heterocycles. The van der Waals surface area contributed by atoms with Crippen molar-refractivity contribution in [3.63, 3.8) is 0 Å². The number of fused-ring (bicyclic) bond motifs is 1. The van der Waals surface area contributed by atoms with E-state index in [2.05, 4.69) is 10.3 Å². The van der Waals surface area contributed by atoms with Crippen molar-refractivity contribution < 1.29 is 13.9 Å². The molecule has 4 rings (SSSR count). The van der Waals surface area contributed by atoms with Gasteiger partial charge in [0.2, 0.25) is 5.89 Å². The summed E-state index contributed by atoms with van der Waals surface area (Å²) in [6.45, 7) is 2.68. The molecule has 0 radical (unpaired) electrons. The number of amides is 1. The van der Waals surface area contributed by atoms with E-state index in [9.17, 15) is 4.79 Å². The largest absolute Gasteiger partial charge is 0.436 e. The smallest absolute Gasteiger partial charge is 0.253 e. The van der Waals surface area contributed by atoms with Crippen molar-refractivity contribution in [2.45, 2.75) is 25.9 Å². The molecule has 1 atom stereocenters. The molecule has 0 unspecified atom stereocenters. The number of aromatic nitrogens is 1. The number of aryl methyl sites for hydroxylation is 1. The number of hydrogen-bond acceptors (Lipinski definition) is 4. The van der Waals surface area contributed by atoms with Gasteiger partial charge < -0.3 is 14.5 Å². The molecule has 1 fully saturated rings. The molecular formula is C19H18N2O3. The highest BCUT2D eigenvalue weighted by Crippen LogP contribution is 2.28. The number of nitrogens with one attached hydrogen (secondary N) is 1. The highest BCUT2D eigenvalue weighted by molar-refractivity contribution is 5.96. The number of anilines is 1. The predicted octanol–water partition coefficient (Wildman–Crippen LogP) is 3.92. The maximum atomic E-state index is 12.1. The summed E-state index contributed by atoms with van der Waals surface area (Å²) < 4.78 is 11.3. The molecule has 5 heteroatoms.